The molecule has 1 saturated heterocycles. The molecule has 2 aromatic rings. The predicted molar refractivity (Wildman–Crippen MR) is 83.8 cm³/mol. The monoisotopic (exact) mass is 339 g/mol. The number of halogens is 2. The second-order valence-electron chi connectivity index (χ2n) is 5.41. The Morgan fingerprint density at radius 3 is 3.00 bits per heavy atom. The molecule has 0 aromatic carbocycles. The fraction of sp³-hybridized carbons (Fsp3) is 0.357. The third kappa shape index (κ3) is 2.99. The summed E-state index contributed by atoms with van der Waals surface area (Å²) in [5, 5.41) is 10.6. The Labute approximate surface area is 136 Å². The van der Waals surface area contributed by atoms with E-state index in [2.05, 4.69) is 9.97 Å². The Morgan fingerprint density at radius 2 is 2.26 bits per heavy atom. The highest BCUT2D eigenvalue weighted by Gasteiger charge is 2.29. The fourth-order valence-electron chi connectivity index (χ4n) is 2.89. The normalized spacial score (nSPS) is 18.2. The SMILES string of the molecule is NN(C(=O)O)[C@H]1CCCN(c2c(F)cnc3cnc(Cl)cc23)C1. The fourth-order valence-corrected chi connectivity index (χ4v) is 3.05. The van der Waals surface area contributed by atoms with Gasteiger partial charge in [0, 0.05) is 18.5 Å². The molecule has 7 nitrogen and oxygen atoms in total. The van der Waals surface area contributed by atoms with Crippen LogP contribution in [0.25, 0.3) is 10.9 Å². The van der Waals surface area contributed by atoms with Crippen molar-refractivity contribution in [3.05, 3.63) is 29.4 Å². The number of pyridine rings is 2. The number of nitrogens with two attached hydrogens (primary N) is 1. The van der Waals surface area contributed by atoms with Gasteiger partial charge in [-0.1, -0.05) is 11.6 Å². The van der Waals surface area contributed by atoms with Gasteiger partial charge in [-0.15, -0.1) is 0 Å². The standard InChI is InChI=1S/C14H15ClFN5O2/c15-12-4-9-11(6-19-12)18-5-10(16)13(9)20-3-1-2-8(7-20)21(17)14(22)23/h4-6,8H,1-3,7,17H2,(H,22,23)/t8-/m0/s1. The van der Waals surface area contributed by atoms with E-state index >= 15 is 0 Å². The third-order valence-electron chi connectivity index (χ3n) is 3.97. The number of hydrogen-bond acceptors (Lipinski definition) is 5. The quantitative estimate of drug-likeness (QED) is 0.377. The lowest BCUT2D eigenvalue weighted by molar-refractivity contribution is 0.119. The highest BCUT2D eigenvalue weighted by molar-refractivity contribution is 6.30. The topological polar surface area (TPSA) is 95.6 Å². The van der Waals surface area contributed by atoms with Crippen LogP contribution in [-0.2, 0) is 0 Å². The molecule has 0 unspecified atom stereocenters. The number of fused-ring (bicyclic) bond motifs is 1. The van der Waals surface area contributed by atoms with Gasteiger partial charge >= 0.3 is 6.09 Å². The second kappa shape index (κ2) is 6.13. The summed E-state index contributed by atoms with van der Waals surface area (Å²) in [6.45, 7) is 0.901. The molecule has 1 aliphatic rings. The number of aromatic nitrogens is 2. The van der Waals surface area contributed by atoms with E-state index in [9.17, 15) is 9.18 Å². The molecule has 3 heterocycles. The van der Waals surface area contributed by atoms with Crippen LogP contribution in [0.2, 0.25) is 5.15 Å². The van der Waals surface area contributed by atoms with Crippen LogP contribution in [0.15, 0.2) is 18.5 Å². The highest BCUT2D eigenvalue weighted by Crippen LogP contribution is 2.32. The summed E-state index contributed by atoms with van der Waals surface area (Å²) in [6, 6.07) is 1.16. The first-order chi connectivity index (χ1) is 11.0. The first-order valence-electron chi connectivity index (χ1n) is 7.09. The van der Waals surface area contributed by atoms with Crippen LogP contribution in [0, 0.1) is 5.82 Å². The Balaban J connectivity index is 2.00. The molecule has 0 aliphatic carbocycles. The molecule has 0 radical (unpaired) electrons. The molecule has 1 aliphatic heterocycles. The number of nitrogens with zero attached hydrogens (tertiary/aromatic N) is 4. The molecule has 1 amide bonds. The maximum Gasteiger partial charge on any atom is 0.421 e. The van der Waals surface area contributed by atoms with Crippen LogP contribution >= 0.6 is 11.6 Å². The predicted octanol–water partition coefficient (Wildman–Crippen LogP) is 2.24. The molecular formula is C14H15ClFN5O2. The Bertz CT molecular complexity index is 754. The lowest BCUT2D eigenvalue weighted by atomic mass is 10.0. The number of anilines is 1. The molecule has 9 heteroatoms. The molecule has 0 saturated carbocycles. The van der Waals surface area contributed by atoms with Gasteiger partial charge in [0.2, 0.25) is 0 Å². The van der Waals surface area contributed by atoms with Gasteiger partial charge in [-0.3, -0.25) is 4.98 Å². The second-order valence-corrected chi connectivity index (χ2v) is 5.80. The molecule has 23 heavy (non-hydrogen) atoms. The van der Waals surface area contributed by atoms with E-state index in [0.29, 0.717) is 42.5 Å². The molecular weight excluding hydrogens is 325 g/mol. The van der Waals surface area contributed by atoms with Crippen molar-refractivity contribution in [3.63, 3.8) is 0 Å². The number of carbonyl (C=O) groups is 1. The minimum absolute atomic E-state index is 0.241. The van der Waals surface area contributed by atoms with Crippen molar-refractivity contribution in [2.45, 2.75) is 18.9 Å². The van der Waals surface area contributed by atoms with Gasteiger partial charge in [0.1, 0.15) is 5.15 Å². The van der Waals surface area contributed by atoms with Crippen molar-refractivity contribution in [1.29, 1.82) is 0 Å². The molecule has 1 fully saturated rings. The number of piperidine rings is 1. The molecule has 3 rings (SSSR count). The third-order valence-corrected chi connectivity index (χ3v) is 4.18. The molecule has 1 atom stereocenters. The van der Waals surface area contributed by atoms with Gasteiger partial charge in [0.05, 0.1) is 29.6 Å². The van der Waals surface area contributed by atoms with Crippen molar-refractivity contribution < 1.29 is 14.3 Å². The van der Waals surface area contributed by atoms with Crippen LogP contribution in [0.3, 0.4) is 0 Å². The van der Waals surface area contributed by atoms with Crippen molar-refractivity contribution >= 4 is 34.3 Å². The van der Waals surface area contributed by atoms with Gasteiger partial charge < -0.3 is 10.0 Å². The van der Waals surface area contributed by atoms with Gasteiger partial charge in [-0.05, 0) is 18.9 Å². The summed E-state index contributed by atoms with van der Waals surface area (Å²) in [5.74, 6) is 5.09. The Hall–Kier alpha value is -2.19. The summed E-state index contributed by atoms with van der Waals surface area (Å²) in [4.78, 5) is 20.8. The van der Waals surface area contributed by atoms with E-state index in [4.69, 9.17) is 22.6 Å². The number of hydrogen-bond donors (Lipinski definition) is 2. The zero-order chi connectivity index (χ0) is 16.6. The van der Waals surface area contributed by atoms with Crippen LogP contribution in [0.5, 0.6) is 0 Å². The highest BCUT2D eigenvalue weighted by atomic mass is 35.5. The summed E-state index contributed by atoms with van der Waals surface area (Å²) < 4.78 is 14.4. The largest absolute Gasteiger partial charge is 0.464 e. The van der Waals surface area contributed by atoms with E-state index in [1.807, 2.05) is 0 Å². The van der Waals surface area contributed by atoms with Crippen LogP contribution in [0.4, 0.5) is 14.9 Å². The van der Waals surface area contributed by atoms with Crippen molar-refractivity contribution in [2.75, 3.05) is 18.0 Å². The van der Waals surface area contributed by atoms with Gasteiger partial charge in [0.25, 0.3) is 0 Å². The average Bonchev–Trinajstić information content (AvgIpc) is 2.54. The molecule has 3 N–H and O–H groups in total. The van der Waals surface area contributed by atoms with Crippen LogP contribution < -0.4 is 10.7 Å². The lowest BCUT2D eigenvalue weighted by Gasteiger charge is -2.37. The number of amides is 1. The molecule has 0 spiro atoms. The summed E-state index contributed by atoms with van der Waals surface area (Å²) >= 11 is 5.92. The Morgan fingerprint density at radius 1 is 1.48 bits per heavy atom. The van der Waals surface area contributed by atoms with E-state index in [-0.39, 0.29) is 5.15 Å². The molecule has 2 aromatic heterocycles. The number of rotatable bonds is 2. The summed E-state index contributed by atoms with van der Waals surface area (Å²) in [7, 11) is 0. The molecule has 0 bridgehead atoms. The Kier molecular flexibility index (Phi) is 4.18. The van der Waals surface area contributed by atoms with Gasteiger partial charge in [0.15, 0.2) is 5.82 Å². The minimum atomic E-state index is -1.20. The smallest absolute Gasteiger partial charge is 0.421 e. The van der Waals surface area contributed by atoms with E-state index in [1.54, 1.807) is 11.0 Å². The van der Waals surface area contributed by atoms with Crippen LogP contribution in [0.1, 0.15) is 12.8 Å². The number of carboxylic acid groups (broad SMARTS) is 1. The van der Waals surface area contributed by atoms with Crippen molar-refractivity contribution in [1.82, 2.24) is 15.0 Å². The zero-order valence-electron chi connectivity index (χ0n) is 12.1. The van der Waals surface area contributed by atoms with E-state index in [1.165, 1.54) is 6.20 Å². The van der Waals surface area contributed by atoms with E-state index in [0.717, 1.165) is 11.2 Å². The first kappa shape index (κ1) is 15.7. The van der Waals surface area contributed by atoms with Crippen molar-refractivity contribution in [3.8, 4) is 0 Å². The maximum atomic E-state index is 14.4. The zero-order valence-corrected chi connectivity index (χ0v) is 12.9. The first-order valence-corrected chi connectivity index (χ1v) is 7.46. The maximum absolute atomic E-state index is 14.4. The lowest BCUT2D eigenvalue weighted by Crippen LogP contribution is -2.53. The molecule has 122 valence electrons. The van der Waals surface area contributed by atoms with Gasteiger partial charge in [-0.25, -0.2) is 25.0 Å². The number of hydrazine groups is 1. The summed E-state index contributed by atoms with van der Waals surface area (Å²) in [6.07, 6.45) is 2.74. The summed E-state index contributed by atoms with van der Waals surface area (Å²) in [5.41, 5.74) is 0.874. The van der Waals surface area contributed by atoms with Crippen LogP contribution in [-0.4, -0.2) is 45.3 Å². The van der Waals surface area contributed by atoms with E-state index < -0.39 is 18.0 Å². The minimum Gasteiger partial charge on any atom is -0.464 e. The van der Waals surface area contributed by atoms with Gasteiger partial charge in [-0.2, -0.15) is 0 Å². The van der Waals surface area contributed by atoms with Crippen molar-refractivity contribution in [2.24, 2.45) is 5.84 Å². The average molecular weight is 340 g/mol.